The van der Waals surface area contributed by atoms with Crippen LogP contribution in [0, 0.1) is 0 Å². The van der Waals surface area contributed by atoms with E-state index < -0.39 is 6.04 Å². The first kappa shape index (κ1) is 24.9. The minimum atomic E-state index is -0.624. The standard InChI is InChI=1S/C24H34N6O5/c1-16(24(32)25-18-7-4-5-8-18)29(14-19-9-6-12-35-19)22(31)15-30-27-23(26-28-30)17-10-11-20(33-2)21(13-17)34-3/h10-11,13,16,18-19H,4-9,12,14-15H2,1-3H3,(H,25,32). The van der Waals surface area contributed by atoms with E-state index in [4.69, 9.17) is 14.2 Å². The van der Waals surface area contributed by atoms with Gasteiger partial charge in [-0.2, -0.15) is 4.80 Å². The SMILES string of the molecule is COc1ccc(-c2nnn(CC(=O)N(CC3CCCO3)C(C)C(=O)NC3CCCC3)n2)cc1OC. The summed E-state index contributed by atoms with van der Waals surface area (Å²) in [5, 5.41) is 15.6. The normalized spacial score (nSPS) is 18.9. The van der Waals surface area contributed by atoms with Crippen molar-refractivity contribution in [3.63, 3.8) is 0 Å². The molecule has 2 unspecified atom stereocenters. The van der Waals surface area contributed by atoms with Crippen LogP contribution in [0.5, 0.6) is 11.5 Å². The molecule has 1 saturated heterocycles. The van der Waals surface area contributed by atoms with E-state index in [9.17, 15) is 9.59 Å². The van der Waals surface area contributed by atoms with Crippen molar-refractivity contribution in [3.05, 3.63) is 18.2 Å². The predicted molar refractivity (Wildman–Crippen MR) is 127 cm³/mol. The van der Waals surface area contributed by atoms with Crippen LogP contribution in [0.25, 0.3) is 11.4 Å². The number of carbonyl (C=O) groups excluding carboxylic acids is 2. The van der Waals surface area contributed by atoms with Gasteiger partial charge in [-0.1, -0.05) is 12.8 Å². The van der Waals surface area contributed by atoms with Gasteiger partial charge in [0.1, 0.15) is 12.6 Å². The fourth-order valence-electron chi connectivity index (χ4n) is 4.63. The van der Waals surface area contributed by atoms with Gasteiger partial charge in [0.05, 0.1) is 20.3 Å². The molecule has 1 aromatic heterocycles. The van der Waals surface area contributed by atoms with Crippen LogP contribution in [-0.4, -0.2) is 82.5 Å². The molecule has 0 bridgehead atoms. The van der Waals surface area contributed by atoms with Crippen molar-refractivity contribution in [2.45, 2.75) is 70.2 Å². The Balaban J connectivity index is 1.46. The van der Waals surface area contributed by atoms with Crippen LogP contribution in [-0.2, 0) is 20.9 Å². The zero-order chi connectivity index (χ0) is 24.8. The van der Waals surface area contributed by atoms with Gasteiger partial charge in [-0.25, -0.2) is 0 Å². The molecule has 0 radical (unpaired) electrons. The van der Waals surface area contributed by atoms with Crippen LogP contribution in [0.4, 0.5) is 0 Å². The maximum Gasteiger partial charge on any atom is 0.247 e. The zero-order valence-electron chi connectivity index (χ0n) is 20.6. The molecule has 2 aliphatic rings. The molecule has 0 spiro atoms. The van der Waals surface area contributed by atoms with E-state index in [1.165, 1.54) is 4.80 Å². The van der Waals surface area contributed by atoms with E-state index in [1.54, 1.807) is 44.2 Å². The summed E-state index contributed by atoms with van der Waals surface area (Å²) in [6.45, 7) is 2.67. The first-order valence-corrected chi connectivity index (χ1v) is 12.2. The monoisotopic (exact) mass is 486 g/mol. The van der Waals surface area contributed by atoms with Crippen molar-refractivity contribution in [1.82, 2.24) is 30.4 Å². The topological polar surface area (TPSA) is 121 Å². The van der Waals surface area contributed by atoms with Crippen molar-refractivity contribution in [2.75, 3.05) is 27.4 Å². The Morgan fingerprint density at radius 3 is 2.63 bits per heavy atom. The molecule has 2 atom stereocenters. The highest BCUT2D eigenvalue weighted by Crippen LogP contribution is 2.30. The summed E-state index contributed by atoms with van der Waals surface area (Å²) in [7, 11) is 3.12. The maximum atomic E-state index is 13.3. The molecular formula is C24H34N6O5. The van der Waals surface area contributed by atoms with Gasteiger partial charge in [-0.15, -0.1) is 10.2 Å². The molecule has 2 fully saturated rings. The fraction of sp³-hybridized carbons (Fsp3) is 0.625. The lowest BCUT2D eigenvalue weighted by Gasteiger charge is -2.31. The molecule has 190 valence electrons. The minimum Gasteiger partial charge on any atom is -0.493 e. The van der Waals surface area contributed by atoms with Crippen LogP contribution >= 0.6 is 0 Å². The lowest BCUT2D eigenvalue weighted by Crippen LogP contribution is -2.52. The van der Waals surface area contributed by atoms with Gasteiger partial charge >= 0.3 is 0 Å². The molecule has 11 heteroatoms. The molecule has 1 aliphatic heterocycles. The van der Waals surface area contributed by atoms with Gasteiger partial charge in [-0.05, 0) is 56.0 Å². The molecule has 2 aromatic rings. The Hall–Kier alpha value is -3.21. The average Bonchev–Trinajstić information content (AvgIpc) is 3.65. The third kappa shape index (κ3) is 6.08. The number of tetrazole rings is 1. The molecule has 2 heterocycles. The van der Waals surface area contributed by atoms with E-state index in [-0.39, 0.29) is 30.5 Å². The lowest BCUT2D eigenvalue weighted by atomic mass is 10.1. The molecule has 11 nitrogen and oxygen atoms in total. The van der Waals surface area contributed by atoms with E-state index >= 15 is 0 Å². The number of hydrogen-bond acceptors (Lipinski definition) is 8. The van der Waals surface area contributed by atoms with Gasteiger partial charge < -0.3 is 24.4 Å². The number of aromatic nitrogens is 4. The lowest BCUT2D eigenvalue weighted by molar-refractivity contribution is -0.142. The van der Waals surface area contributed by atoms with Gasteiger partial charge in [0, 0.05) is 24.8 Å². The van der Waals surface area contributed by atoms with E-state index in [2.05, 4.69) is 20.7 Å². The predicted octanol–water partition coefficient (Wildman–Crippen LogP) is 1.81. The number of amides is 2. The van der Waals surface area contributed by atoms with E-state index in [0.29, 0.717) is 36.0 Å². The third-order valence-electron chi connectivity index (χ3n) is 6.66. The number of hydrogen-bond donors (Lipinski definition) is 1. The number of carbonyl (C=O) groups is 2. The zero-order valence-corrected chi connectivity index (χ0v) is 20.6. The third-order valence-corrected chi connectivity index (χ3v) is 6.66. The minimum absolute atomic E-state index is 0.0771. The molecule has 1 saturated carbocycles. The smallest absolute Gasteiger partial charge is 0.247 e. The van der Waals surface area contributed by atoms with Crippen LogP contribution in [0.1, 0.15) is 45.4 Å². The molecular weight excluding hydrogens is 452 g/mol. The maximum absolute atomic E-state index is 13.3. The highest BCUT2D eigenvalue weighted by atomic mass is 16.5. The summed E-state index contributed by atoms with van der Waals surface area (Å²) in [6, 6.07) is 4.87. The van der Waals surface area contributed by atoms with Crippen molar-refractivity contribution < 1.29 is 23.8 Å². The number of nitrogens with zero attached hydrogens (tertiary/aromatic N) is 5. The molecule has 1 N–H and O–H groups in total. The summed E-state index contributed by atoms with van der Waals surface area (Å²) >= 11 is 0. The van der Waals surface area contributed by atoms with Crippen molar-refractivity contribution in [3.8, 4) is 22.9 Å². The first-order chi connectivity index (χ1) is 17.0. The number of nitrogens with one attached hydrogen (secondary N) is 1. The molecule has 1 aromatic carbocycles. The van der Waals surface area contributed by atoms with Crippen LogP contribution in [0.2, 0.25) is 0 Å². The van der Waals surface area contributed by atoms with Crippen LogP contribution in [0.3, 0.4) is 0 Å². The highest BCUT2D eigenvalue weighted by molar-refractivity contribution is 5.87. The Kier molecular flexibility index (Phi) is 8.17. The fourth-order valence-corrected chi connectivity index (χ4v) is 4.63. The van der Waals surface area contributed by atoms with Crippen LogP contribution in [0.15, 0.2) is 18.2 Å². The largest absolute Gasteiger partial charge is 0.493 e. The molecule has 2 amide bonds. The second kappa shape index (κ2) is 11.5. The summed E-state index contributed by atoms with van der Waals surface area (Å²) < 4.78 is 16.4. The molecule has 4 rings (SSSR count). The van der Waals surface area contributed by atoms with Gasteiger partial charge in [-0.3, -0.25) is 9.59 Å². The number of rotatable bonds is 10. The summed E-state index contributed by atoms with van der Waals surface area (Å²) in [6.07, 6.45) is 5.96. The van der Waals surface area contributed by atoms with E-state index in [1.807, 2.05) is 0 Å². The number of ether oxygens (including phenoxy) is 3. The summed E-state index contributed by atoms with van der Waals surface area (Å²) in [4.78, 5) is 29.1. The molecule has 1 aliphatic carbocycles. The van der Waals surface area contributed by atoms with Crippen molar-refractivity contribution in [1.29, 1.82) is 0 Å². The Morgan fingerprint density at radius 2 is 1.94 bits per heavy atom. The van der Waals surface area contributed by atoms with Crippen molar-refractivity contribution in [2.24, 2.45) is 0 Å². The molecule has 35 heavy (non-hydrogen) atoms. The first-order valence-electron chi connectivity index (χ1n) is 12.2. The van der Waals surface area contributed by atoms with Gasteiger partial charge in [0.25, 0.3) is 0 Å². The Labute approximate surface area is 205 Å². The Bertz CT molecular complexity index is 1020. The second-order valence-corrected chi connectivity index (χ2v) is 9.06. The highest BCUT2D eigenvalue weighted by Gasteiger charge is 2.31. The van der Waals surface area contributed by atoms with Gasteiger partial charge in [0.15, 0.2) is 11.5 Å². The summed E-state index contributed by atoms with van der Waals surface area (Å²) in [5.41, 5.74) is 0.682. The van der Waals surface area contributed by atoms with E-state index in [0.717, 1.165) is 38.5 Å². The van der Waals surface area contributed by atoms with Crippen molar-refractivity contribution >= 4 is 11.8 Å². The second-order valence-electron chi connectivity index (χ2n) is 9.06. The quantitative estimate of drug-likeness (QED) is 0.540. The number of benzene rings is 1. The summed E-state index contributed by atoms with van der Waals surface area (Å²) in [5.74, 6) is 1.10. The van der Waals surface area contributed by atoms with Crippen LogP contribution < -0.4 is 14.8 Å². The van der Waals surface area contributed by atoms with Gasteiger partial charge in [0.2, 0.25) is 17.6 Å². The Morgan fingerprint density at radius 1 is 1.17 bits per heavy atom. The average molecular weight is 487 g/mol. The number of methoxy groups -OCH3 is 2.